The molecule has 1 aromatic carbocycles. The maximum atomic E-state index is 13.7. The first-order valence-corrected chi connectivity index (χ1v) is 17.6. The molecule has 0 aliphatic carbocycles. The van der Waals surface area contributed by atoms with Gasteiger partial charge in [-0.3, -0.25) is 9.59 Å². The van der Waals surface area contributed by atoms with E-state index in [-0.39, 0.29) is 40.9 Å². The van der Waals surface area contributed by atoms with Crippen molar-refractivity contribution in [1.82, 2.24) is 15.2 Å². The van der Waals surface area contributed by atoms with Crippen LogP contribution in [0.1, 0.15) is 72.2 Å². The molecule has 216 valence electrons. The largest absolute Gasteiger partial charge is 0.412 e. The Balaban J connectivity index is 1.82. The molecule has 0 radical (unpaired) electrons. The van der Waals surface area contributed by atoms with Gasteiger partial charge in [0.25, 0.3) is 0 Å². The van der Waals surface area contributed by atoms with Gasteiger partial charge in [0.15, 0.2) is 8.32 Å². The van der Waals surface area contributed by atoms with E-state index >= 15 is 0 Å². The minimum atomic E-state index is -2.10. The normalized spacial score (nSPS) is 20.1. The van der Waals surface area contributed by atoms with Crippen LogP contribution < -0.4 is 5.32 Å². The summed E-state index contributed by atoms with van der Waals surface area (Å²) in [4.78, 5) is 34.5. The molecule has 1 fully saturated rings. The molecule has 0 unspecified atom stereocenters. The van der Waals surface area contributed by atoms with Crippen molar-refractivity contribution >= 4 is 31.5 Å². The first-order valence-electron chi connectivity index (χ1n) is 13.9. The van der Waals surface area contributed by atoms with E-state index in [1.54, 1.807) is 16.2 Å². The Morgan fingerprint density at radius 2 is 1.79 bits per heavy atom. The van der Waals surface area contributed by atoms with E-state index < -0.39 is 20.4 Å². The molecular weight excluding hydrogens is 527 g/mol. The lowest BCUT2D eigenvalue weighted by Gasteiger charge is -2.38. The molecule has 2 N–H and O–H groups in total. The van der Waals surface area contributed by atoms with E-state index in [4.69, 9.17) is 4.43 Å². The second-order valence-electron chi connectivity index (χ2n) is 13.5. The molecule has 2 heterocycles. The highest BCUT2D eigenvalue weighted by Gasteiger charge is 2.47. The van der Waals surface area contributed by atoms with Gasteiger partial charge in [-0.1, -0.05) is 72.7 Å². The Morgan fingerprint density at radius 3 is 2.28 bits per heavy atom. The van der Waals surface area contributed by atoms with E-state index in [9.17, 15) is 14.7 Å². The van der Waals surface area contributed by atoms with Crippen LogP contribution in [0.2, 0.25) is 18.1 Å². The molecule has 1 aromatic heterocycles. The van der Waals surface area contributed by atoms with Crippen LogP contribution >= 0.6 is 11.3 Å². The summed E-state index contributed by atoms with van der Waals surface area (Å²) in [5, 5.41) is 13.3. The average Bonchev–Trinajstić information content (AvgIpc) is 3.46. The molecule has 9 heteroatoms. The lowest BCUT2D eigenvalue weighted by molar-refractivity contribution is -0.144. The smallest absolute Gasteiger partial charge is 0.243 e. The first-order chi connectivity index (χ1) is 18.0. The number of nitrogens with zero attached hydrogens (tertiary/aromatic N) is 2. The molecule has 39 heavy (non-hydrogen) atoms. The number of aliphatic hydroxyl groups excluding tert-OH is 1. The predicted octanol–water partition coefficient (Wildman–Crippen LogP) is 5.94. The number of carbonyl (C=O) groups is 2. The van der Waals surface area contributed by atoms with Gasteiger partial charge in [-0.2, -0.15) is 0 Å². The minimum absolute atomic E-state index is 0.0206. The lowest BCUT2D eigenvalue weighted by Crippen LogP contribution is -2.50. The number of carbonyl (C=O) groups excluding carboxylic acids is 2. The summed E-state index contributed by atoms with van der Waals surface area (Å²) in [6.45, 7) is 21.2. The summed E-state index contributed by atoms with van der Waals surface area (Å²) in [6, 6.07) is 6.61. The van der Waals surface area contributed by atoms with Crippen molar-refractivity contribution in [3.8, 4) is 10.4 Å². The summed E-state index contributed by atoms with van der Waals surface area (Å²) in [5.41, 5.74) is 4.43. The number of aromatic nitrogens is 1. The monoisotopic (exact) mass is 573 g/mol. The topological polar surface area (TPSA) is 91.8 Å². The number of amides is 2. The molecular formula is C30H47N3O4SSi. The summed E-state index contributed by atoms with van der Waals surface area (Å²) in [5.74, 6) is -0.545. The van der Waals surface area contributed by atoms with Crippen molar-refractivity contribution in [2.45, 2.75) is 98.1 Å². The van der Waals surface area contributed by atoms with Crippen molar-refractivity contribution in [3.05, 3.63) is 41.0 Å². The van der Waals surface area contributed by atoms with Crippen molar-refractivity contribution in [3.63, 3.8) is 0 Å². The van der Waals surface area contributed by atoms with Gasteiger partial charge >= 0.3 is 0 Å². The zero-order valence-corrected chi connectivity index (χ0v) is 27.1. The molecule has 4 atom stereocenters. The number of hydrogen-bond acceptors (Lipinski definition) is 6. The van der Waals surface area contributed by atoms with Gasteiger partial charge < -0.3 is 19.7 Å². The lowest BCUT2D eigenvalue weighted by atomic mass is 9.81. The van der Waals surface area contributed by atoms with E-state index in [0.29, 0.717) is 13.0 Å². The van der Waals surface area contributed by atoms with Gasteiger partial charge in [0.05, 0.1) is 34.8 Å². The van der Waals surface area contributed by atoms with Gasteiger partial charge in [-0.15, -0.1) is 11.3 Å². The second-order valence-corrected chi connectivity index (χ2v) is 19.1. The molecule has 1 aliphatic heterocycles. The molecule has 7 nitrogen and oxygen atoms in total. The minimum Gasteiger partial charge on any atom is -0.412 e. The molecule has 3 rings (SSSR count). The number of nitrogens with one attached hydrogen (secondary N) is 1. The average molecular weight is 574 g/mol. The summed E-state index contributed by atoms with van der Waals surface area (Å²) in [6.07, 6.45) is 0.246. The molecule has 2 aromatic rings. The maximum absolute atomic E-state index is 13.7. The number of hydrogen-bond donors (Lipinski definition) is 2. The summed E-state index contributed by atoms with van der Waals surface area (Å²) >= 11 is 1.59. The van der Waals surface area contributed by atoms with E-state index in [2.05, 4.69) is 44.2 Å². The van der Waals surface area contributed by atoms with Gasteiger partial charge in [0.2, 0.25) is 11.8 Å². The van der Waals surface area contributed by atoms with Crippen LogP contribution in [0, 0.1) is 18.3 Å². The zero-order chi connectivity index (χ0) is 29.3. The van der Waals surface area contributed by atoms with Gasteiger partial charge in [0.1, 0.15) is 6.04 Å². The number of benzene rings is 1. The van der Waals surface area contributed by atoms with Crippen LogP contribution in [-0.2, 0) is 14.0 Å². The van der Waals surface area contributed by atoms with Crippen molar-refractivity contribution in [2.24, 2.45) is 11.3 Å². The highest BCUT2D eigenvalue weighted by atomic mass is 32.1. The quantitative estimate of drug-likeness (QED) is 0.381. The summed E-state index contributed by atoms with van der Waals surface area (Å²) in [7, 11) is -2.10. The SMILES string of the molecule is Cc1ncsc1-c1ccc([C@H](CO)NC(=O)[C@@H]2C[C@@H](O[Si](C)(C)C(C)(C)C)CN2C(=O)[C@@H](C)C(C)(C)C)cc1. The molecule has 0 saturated carbocycles. The van der Waals surface area contributed by atoms with Crippen LogP contribution in [0.3, 0.4) is 0 Å². The Hall–Kier alpha value is -2.07. The fourth-order valence-electron chi connectivity index (χ4n) is 4.54. The predicted molar refractivity (Wildman–Crippen MR) is 161 cm³/mol. The Labute approximate surface area is 239 Å². The van der Waals surface area contributed by atoms with Gasteiger partial charge in [0, 0.05) is 18.9 Å². The fourth-order valence-corrected chi connectivity index (χ4v) is 6.70. The number of thiazole rings is 1. The van der Waals surface area contributed by atoms with Gasteiger partial charge in [-0.25, -0.2) is 4.98 Å². The fraction of sp³-hybridized carbons (Fsp3) is 0.633. The molecule has 1 saturated heterocycles. The van der Waals surface area contributed by atoms with Crippen LogP contribution in [0.4, 0.5) is 0 Å². The third-order valence-corrected chi connectivity index (χ3v) is 14.1. The van der Waals surface area contributed by atoms with Gasteiger partial charge in [-0.05, 0) is 41.6 Å². The number of rotatable bonds is 8. The van der Waals surface area contributed by atoms with Crippen LogP contribution in [0.5, 0.6) is 0 Å². The molecule has 0 bridgehead atoms. The van der Waals surface area contributed by atoms with Crippen LogP contribution in [-0.4, -0.2) is 60.4 Å². The first kappa shape index (κ1) is 31.5. The van der Waals surface area contributed by atoms with E-state index in [0.717, 1.165) is 21.7 Å². The number of aliphatic hydroxyl groups is 1. The highest BCUT2D eigenvalue weighted by molar-refractivity contribution is 7.13. The second kappa shape index (κ2) is 11.8. The zero-order valence-electron chi connectivity index (χ0n) is 25.3. The Kier molecular flexibility index (Phi) is 9.52. The van der Waals surface area contributed by atoms with Crippen molar-refractivity contribution in [1.29, 1.82) is 0 Å². The Morgan fingerprint density at radius 1 is 1.18 bits per heavy atom. The van der Waals surface area contributed by atoms with E-state index in [1.165, 1.54) is 0 Å². The number of likely N-dealkylation sites (tertiary alicyclic amines) is 1. The highest BCUT2D eigenvalue weighted by Crippen LogP contribution is 2.40. The maximum Gasteiger partial charge on any atom is 0.243 e. The standard InChI is InChI=1S/C30H47N3O4SSi/c1-19(29(3,4)5)28(36)33-16-23(37-39(9,10)30(6,7)8)15-25(33)27(35)32-24(17-34)21-11-13-22(14-12-21)26-20(2)31-18-38-26/h11-14,18-19,23-25,34H,15-17H2,1-10H3,(H,32,35)/t19-,23-,24+,25+/m1/s1. The third kappa shape index (κ3) is 7.17. The molecule has 2 amide bonds. The third-order valence-electron chi connectivity index (χ3n) is 8.61. The van der Waals surface area contributed by atoms with Crippen molar-refractivity contribution in [2.75, 3.05) is 13.2 Å². The number of aryl methyl sites for hydroxylation is 1. The van der Waals surface area contributed by atoms with Crippen LogP contribution in [0.15, 0.2) is 29.8 Å². The van der Waals surface area contributed by atoms with Crippen molar-refractivity contribution < 1.29 is 19.1 Å². The Bertz CT molecular complexity index is 1150. The molecule has 1 aliphatic rings. The molecule has 0 spiro atoms. The van der Waals surface area contributed by atoms with Crippen LogP contribution in [0.25, 0.3) is 10.4 Å². The van der Waals surface area contributed by atoms with E-state index in [1.807, 2.05) is 64.4 Å². The summed E-state index contributed by atoms with van der Waals surface area (Å²) < 4.78 is 6.68.